The van der Waals surface area contributed by atoms with E-state index in [0.717, 1.165) is 86.2 Å². The number of carbonyl (C=O) groups is 4. The molecule has 14 heteroatoms. The molecule has 4 heterocycles. The summed E-state index contributed by atoms with van der Waals surface area (Å²) in [5.74, 6) is 1.06. The Morgan fingerprint density at radius 3 is 1.83 bits per heavy atom. The van der Waals surface area contributed by atoms with E-state index in [4.69, 9.17) is 14.7 Å². The van der Waals surface area contributed by atoms with Gasteiger partial charge in [0.15, 0.2) is 0 Å². The molecule has 0 saturated carbocycles. The fourth-order valence-electron chi connectivity index (χ4n) is 8.58. The highest BCUT2D eigenvalue weighted by atomic mass is 16.5. The molecule has 0 radical (unpaired) electrons. The Morgan fingerprint density at radius 2 is 1.26 bits per heavy atom. The van der Waals surface area contributed by atoms with Crippen molar-refractivity contribution in [3.8, 4) is 11.1 Å². The van der Waals surface area contributed by atoms with Gasteiger partial charge in [0.1, 0.15) is 24.2 Å². The minimum atomic E-state index is -0.889. The highest BCUT2D eigenvalue weighted by Crippen LogP contribution is 2.38. The van der Waals surface area contributed by atoms with Crippen LogP contribution in [0.25, 0.3) is 54.7 Å². The molecule has 0 aliphatic carbocycles. The molecular formula is C44H42N8O6. The minimum absolute atomic E-state index is 0.131. The Morgan fingerprint density at radius 1 is 0.707 bits per heavy atom. The second-order valence-electron chi connectivity index (χ2n) is 14.8. The zero-order chi connectivity index (χ0) is 39.9. The number of nitrogens with one attached hydrogen (secondary N) is 4. The maximum atomic E-state index is 14.0. The van der Waals surface area contributed by atoms with E-state index in [1.807, 2.05) is 42.5 Å². The third-order valence-electron chi connectivity index (χ3n) is 11.4. The summed E-state index contributed by atoms with van der Waals surface area (Å²) < 4.78 is 9.47. The van der Waals surface area contributed by atoms with Crippen LogP contribution in [-0.4, -0.2) is 87.6 Å². The summed E-state index contributed by atoms with van der Waals surface area (Å²) in [5, 5.41) is 9.31. The van der Waals surface area contributed by atoms with Crippen LogP contribution in [0.2, 0.25) is 0 Å². The fourth-order valence-corrected chi connectivity index (χ4v) is 8.58. The van der Waals surface area contributed by atoms with Gasteiger partial charge in [0.2, 0.25) is 5.91 Å². The molecule has 0 unspecified atom stereocenters. The Balaban J connectivity index is 0.971. The van der Waals surface area contributed by atoms with Crippen molar-refractivity contribution in [1.29, 1.82) is 0 Å². The number of carbonyl (C=O) groups excluding carboxylic acids is 4. The van der Waals surface area contributed by atoms with Gasteiger partial charge in [-0.25, -0.2) is 19.6 Å². The van der Waals surface area contributed by atoms with Crippen LogP contribution in [0.15, 0.2) is 91.0 Å². The smallest absolute Gasteiger partial charge is 0.407 e. The summed E-state index contributed by atoms with van der Waals surface area (Å²) in [7, 11) is 2.55. The average molecular weight is 779 g/mol. The Hall–Kier alpha value is -6.96. The molecule has 2 saturated heterocycles. The maximum absolute atomic E-state index is 14.0. The van der Waals surface area contributed by atoms with E-state index < -0.39 is 18.2 Å². The molecule has 2 fully saturated rings. The lowest BCUT2D eigenvalue weighted by Gasteiger charge is -2.28. The molecule has 0 spiro atoms. The highest BCUT2D eigenvalue weighted by molar-refractivity contribution is 6.07. The van der Waals surface area contributed by atoms with Crippen molar-refractivity contribution < 1.29 is 28.7 Å². The van der Waals surface area contributed by atoms with Crippen molar-refractivity contribution >= 4 is 67.6 Å². The van der Waals surface area contributed by atoms with E-state index in [-0.39, 0.29) is 30.4 Å². The van der Waals surface area contributed by atoms with Crippen LogP contribution >= 0.6 is 0 Å². The molecule has 7 aromatic rings. The van der Waals surface area contributed by atoms with Crippen molar-refractivity contribution in [1.82, 2.24) is 40.4 Å². The Kier molecular flexibility index (Phi) is 9.60. The first-order valence-electron chi connectivity index (χ1n) is 19.5. The Labute approximate surface area is 332 Å². The standard InChI is InChI=1S/C44H42N8O6/c1-57-43(55)45-24-36(53)51-20-6-10-34(51)40-46-32-18-14-28-22-26(12-16-30(28)38(32)48-40)27-13-17-31-29(23-27)15-19-33-39(31)49-41(47-33)35-11-7-21-52(35)42(54)37(50-44(56)58-2)25-8-4-3-5-9-25/h3-5,8-9,12-19,22-23,34-35,37H,6-7,10-11,20-21,24H2,1-2H3,(H,45,55)(H,46,48)(H,47,49)(H,50,56)/t34-,35-,37+/m0/s1. The number of imidazole rings is 2. The van der Waals surface area contributed by atoms with Crippen molar-refractivity contribution in [2.24, 2.45) is 0 Å². The maximum Gasteiger partial charge on any atom is 0.407 e. The first-order chi connectivity index (χ1) is 28.3. The minimum Gasteiger partial charge on any atom is -0.453 e. The zero-order valence-corrected chi connectivity index (χ0v) is 32.1. The number of H-pyrrole nitrogens is 2. The van der Waals surface area contributed by atoms with E-state index >= 15 is 0 Å². The van der Waals surface area contributed by atoms with Gasteiger partial charge in [-0.15, -0.1) is 0 Å². The van der Waals surface area contributed by atoms with Gasteiger partial charge in [-0.2, -0.15) is 0 Å². The van der Waals surface area contributed by atoms with E-state index in [2.05, 4.69) is 73.9 Å². The number of alkyl carbamates (subject to hydrolysis) is 2. The molecule has 0 bridgehead atoms. The normalized spacial score (nSPS) is 17.3. The molecule has 5 aromatic carbocycles. The second-order valence-corrected chi connectivity index (χ2v) is 14.8. The van der Waals surface area contributed by atoms with Crippen molar-refractivity contribution in [2.75, 3.05) is 33.9 Å². The Bertz CT molecular complexity index is 2730. The predicted molar refractivity (Wildman–Crippen MR) is 219 cm³/mol. The molecule has 2 aromatic heterocycles. The van der Waals surface area contributed by atoms with Gasteiger partial charge in [-0.1, -0.05) is 66.7 Å². The predicted octanol–water partition coefficient (Wildman–Crippen LogP) is 7.19. The van der Waals surface area contributed by atoms with Gasteiger partial charge in [0, 0.05) is 23.9 Å². The zero-order valence-electron chi connectivity index (χ0n) is 32.1. The average Bonchev–Trinajstić information content (AvgIpc) is 4.10. The van der Waals surface area contributed by atoms with Gasteiger partial charge in [0.25, 0.3) is 5.91 Å². The van der Waals surface area contributed by atoms with Crippen LogP contribution in [0.5, 0.6) is 0 Å². The number of hydrogen-bond donors (Lipinski definition) is 4. The molecule has 4 N–H and O–H groups in total. The highest BCUT2D eigenvalue weighted by Gasteiger charge is 2.37. The number of amides is 4. The van der Waals surface area contributed by atoms with Crippen LogP contribution in [0.4, 0.5) is 9.59 Å². The number of likely N-dealkylation sites (tertiary alicyclic amines) is 2. The van der Waals surface area contributed by atoms with E-state index in [1.54, 1.807) is 9.80 Å². The molecule has 58 heavy (non-hydrogen) atoms. The van der Waals surface area contributed by atoms with Crippen molar-refractivity contribution in [3.05, 3.63) is 108 Å². The number of rotatable bonds is 8. The lowest BCUT2D eigenvalue weighted by molar-refractivity contribution is -0.134. The number of hydrogen-bond acceptors (Lipinski definition) is 8. The van der Waals surface area contributed by atoms with Crippen LogP contribution in [0.3, 0.4) is 0 Å². The molecule has 294 valence electrons. The van der Waals surface area contributed by atoms with E-state index in [9.17, 15) is 19.2 Å². The van der Waals surface area contributed by atoms with Gasteiger partial charge in [0.05, 0.1) is 48.4 Å². The summed E-state index contributed by atoms with van der Waals surface area (Å²) in [4.78, 5) is 71.5. The first kappa shape index (κ1) is 36.7. The van der Waals surface area contributed by atoms with Crippen molar-refractivity contribution in [3.63, 3.8) is 0 Å². The molecule has 2 aliphatic heterocycles. The summed E-state index contributed by atoms with van der Waals surface area (Å²) in [6.07, 6.45) is 1.88. The summed E-state index contributed by atoms with van der Waals surface area (Å²) in [6, 6.07) is 28.8. The lowest BCUT2D eigenvalue weighted by atomic mass is 9.98. The van der Waals surface area contributed by atoms with Gasteiger partial charge >= 0.3 is 12.2 Å². The van der Waals surface area contributed by atoms with Crippen LogP contribution in [0, 0.1) is 0 Å². The topological polar surface area (TPSA) is 175 Å². The summed E-state index contributed by atoms with van der Waals surface area (Å²) in [6.45, 7) is 1.01. The molecule has 4 amide bonds. The fraction of sp³-hybridized carbons (Fsp3) is 0.273. The second kappa shape index (κ2) is 15.2. The molecular weight excluding hydrogens is 737 g/mol. The van der Waals surface area contributed by atoms with E-state index in [1.165, 1.54) is 14.2 Å². The largest absolute Gasteiger partial charge is 0.453 e. The number of ether oxygens (including phenoxy) is 2. The molecule has 2 aliphatic rings. The van der Waals surface area contributed by atoms with Gasteiger partial charge < -0.3 is 39.9 Å². The van der Waals surface area contributed by atoms with Crippen LogP contribution < -0.4 is 10.6 Å². The molecule has 3 atom stereocenters. The number of benzene rings is 5. The monoisotopic (exact) mass is 778 g/mol. The number of fused-ring (bicyclic) bond motifs is 6. The third-order valence-corrected chi connectivity index (χ3v) is 11.4. The van der Waals surface area contributed by atoms with Crippen molar-refractivity contribution in [2.45, 2.75) is 43.8 Å². The third kappa shape index (κ3) is 6.69. The van der Waals surface area contributed by atoms with Crippen LogP contribution in [0.1, 0.15) is 61.0 Å². The van der Waals surface area contributed by atoms with Gasteiger partial charge in [-0.3, -0.25) is 9.59 Å². The first-order valence-corrected chi connectivity index (χ1v) is 19.5. The number of aromatic nitrogens is 4. The number of nitrogens with zero attached hydrogens (tertiary/aromatic N) is 4. The molecule has 14 nitrogen and oxygen atoms in total. The van der Waals surface area contributed by atoms with E-state index in [0.29, 0.717) is 24.5 Å². The number of aromatic amines is 2. The quantitative estimate of drug-likeness (QED) is 0.125. The SMILES string of the molecule is COC(=O)NCC(=O)N1CCC[C@H]1c1nc2c(ccc3cc(-c4ccc5c(ccc6[nH]c([C@@H]7CCCN7C(=O)[C@H](NC(=O)OC)c7ccccc7)nc65)c4)ccc32)[nH]1. The number of methoxy groups -OCH3 is 2. The molecule has 9 rings (SSSR count). The lowest BCUT2D eigenvalue weighted by Crippen LogP contribution is -2.42. The summed E-state index contributed by atoms with van der Waals surface area (Å²) in [5.41, 5.74) is 6.27. The van der Waals surface area contributed by atoms with Gasteiger partial charge in [-0.05, 0) is 77.4 Å². The summed E-state index contributed by atoms with van der Waals surface area (Å²) >= 11 is 0. The van der Waals surface area contributed by atoms with Crippen LogP contribution in [-0.2, 0) is 19.1 Å².